The summed E-state index contributed by atoms with van der Waals surface area (Å²) in [5.41, 5.74) is 3.90. The van der Waals surface area contributed by atoms with E-state index in [-0.39, 0.29) is 5.56 Å². The molecule has 0 saturated carbocycles. The van der Waals surface area contributed by atoms with Crippen LogP contribution in [-0.2, 0) is 0 Å². The summed E-state index contributed by atoms with van der Waals surface area (Å²) in [6, 6.07) is 14.7. The molecule has 8 heteroatoms. The highest BCUT2D eigenvalue weighted by Crippen LogP contribution is 2.27. The van der Waals surface area contributed by atoms with Gasteiger partial charge in [-0.3, -0.25) is 0 Å². The molecule has 1 aliphatic rings. The summed E-state index contributed by atoms with van der Waals surface area (Å²) < 4.78 is 5.99. The molecule has 2 aromatic heterocycles. The zero-order valence-electron chi connectivity index (χ0n) is 18.8. The van der Waals surface area contributed by atoms with Gasteiger partial charge >= 0.3 is 5.97 Å². The molecule has 2 N–H and O–H groups in total. The van der Waals surface area contributed by atoms with E-state index in [0.717, 1.165) is 59.7 Å². The van der Waals surface area contributed by atoms with Crippen LogP contribution in [0.3, 0.4) is 0 Å². The van der Waals surface area contributed by atoms with E-state index in [2.05, 4.69) is 19.9 Å². The number of benzene rings is 2. The minimum atomic E-state index is -0.943. The molecule has 0 spiro atoms. The number of nitrogens with one attached hydrogen (secondary N) is 1. The van der Waals surface area contributed by atoms with E-state index in [1.807, 2.05) is 43.5 Å². The average Bonchev–Trinajstić information content (AvgIpc) is 3.27. The molecule has 4 aromatic rings. The first-order chi connectivity index (χ1) is 16.5. The lowest BCUT2D eigenvalue weighted by molar-refractivity contribution is 0.0696. The molecule has 3 heterocycles. The van der Waals surface area contributed by atoms with E-state index in [9.17, 15) is 9.90 Å². The number of hydrogen-bond donors (Lipinski definition) is 2. The highest BCUT2D eigenvalue weighted by Gasteiger charge is 2.21. The number of nitrogens with zero attached hydrogens (tertiary/aromatic N) is 3. The number of halogens is 1. The van der Waals surface area contributed by atoms with Crippen molar-refractivity contribution in [3.63, 3.8) is 0 Å². The molecule has 1 saturated heterocycles. The Morgan fingerprint density at radius 3 is 2.74 bits per heavy atom. The molecule has 2 aromatic carbocycles. The van der Waals surface area contributed by atoms with Crippen LogP contribution >= 0.6 is 11.6 Å². The van der Waals surface area contributed by atoms with Gasteiger partial charge in [-0.15, -0.1) is 0 Å². The number of aromatic nitrogens is 3. The second-order valence-electron chi connectivity index (χ2n) is 8.68. The fraction of sp³-hybridized carbons (Fsp3) is 0.269. The van der Waals surface area contributed by atoms with Crippen molar-refractivity contribution >= 4 is 34.4 Å². The maximum absolute atomic E-state index is 11.2. The van der Waals surface area contributed by atoms with Gasteiger partial charge in [0.25, 0.3) is 0 Å². The maximum Gasteiger partial charge on any atom is 0.335 e. The van der Waals surface area contributed by atoms with Crippen molar-refractivity contribution in [3.05, 3.63) is 70.9 Å². The Kier molecular flexibility index (Phi) is 6.11. The van der Waals surface area contributed by atoms with E-state index in [1.54, 1.807) is 18.2 Å². The number of anilines is 1. The molecule has 1 aliphatic heterocycles. The first-order valence-corrected chi connectivity index (χ1v) is 11.7. The third kappa shape index (κ3) is 4.70. The molecule has 5 rings (SSSR count). The fourth-order valence-electron chi connectivity index (χ4n) is 4.25. The normalized spacial score (nSPS) is 14.5. The molecule has 7 nitrogen and oxygen atoms in total. The summed E-state index contributed by atoms with van der Waals surface area (Å²) >= 11 is 6.07. The van der Waals surface area contributed by atoms with Crippen LogP contribution in [0.25, 0.3) is 22.4 Å². The van der Waals surface area contributed by atoms with Crippen LogP contribution < -0.4 is 9.64 Å². The Morgan fingerprint density at radius 1 is 1.18 bits per heavy atom. The number of hydrogen-bond acceptors (Lipinski definition) is 5. The number of ether oxygens (including phenoxy) is 1. The molecule has 0 bridgehead atoms. The van der Waals surface area contributed by atoms with Crippen molar-refractivity contribution < 1.29 is 14.6 Å². The van der Waals surface area contributed by atoms with Crippen LogP contribution in [0.5, 0.6) is 5.75 Å². The van der Waals surface area contributed by atoms with Crippen LogP contribution in [0.4, 0.5) is 5.82 Å². The van der Waals surface area contributed by atoms with E-state index in [1.165, 1.54) is 0 Å². The van der Waals surface area contributed by atoms with E-state index in [0.29, 0.717) is 23.3 Å². The molecular formula is C26H25ClN4O3. The van der Waals surface area contributed by atoms with Gasteiger partial charge in [0, 0.05) is 29.9 Å². The summed E-state index contributed by atoms with van der Waals surface area (Å²) in [6.07, 6.45) is 3.83. The molecule has 34 heavy (non-hydrogen) atoms. The number of aromatic carboxylic acids is 1. The first-order valence-electron chi connectivity index (χ1n) is 11.3. The molecule has 0 atom stereocenters. The van der Waals surface area contributed by atoms with Crippen LogP contribution in [0.1, 0.15) is 28.8 Å². The standard InChI is InChI=1S/C26H25ClN4O3/c1-16-2-3-18(26(32)33)12-23(16)34-15-17-8-10-31(11-9-17)24-7-4-19(14-28-24)25-29-21-6-5-20(27)13-22(21)30-25/h2-7,12-14,17H,8-11,15H2,1H3,(H,29,30)(H,32,33). The predicted molar refractivity (Wildman–Crippen MR) is 133 cm³/mol. The highest BCUT2D eigenvalue weighted by molar-refractivity contribution is 6.31. The van der Waals surface area contributed by atoms with Gasteiger partial charge in [-0.05, 0) is 73.7 Å². The van der Waals surface area contributed by atoms with Crippen LogP contribution in [0.2, 0.25) is 5.02 Å². The quantitative estimate of drug-likeness (QED) is 0.377. The summed E-state index contributed by atoms with van der Waals surface area (Å²) in [5, 5.41) is 9.87. The van der Waals surface area contributed by atoms with Gasteiger partial charge < -0.3 is 19.7 Å². The third-order valence-electron chi connectivity index (χ3n) is 6.31. The molecule has 0 radical (unpaired) electrons. The van der Waals surface area contributed by atoms with Gasteiger partial charge in [0.1, 0.15) is 17.4 Å². The number of H-pyrrole nitrogens is 1. The number of aryl methyl sites for hydroxylation is 1. The average molecular weight is 477 g/mol. The second kappa shape index (κ2) is 9.35. The molecular weight excluding hydrogens is 452 g/mol. The summed E-state index contributed by atoms with van der Waals surface area (Å²) in [7, 11) is 0. The largest absolute Gasteiger partial charge is 0.493 e. The van der Waals surface area contributed by atoms with Crippen molar-refractivity contribution in [2.45, 2.75) is 19.8 Å². The number of carbonyl (C=O) groups is 1. The summed E-state index contributed by atoms with van der Waals surface area (Å²) in [4.78, 5) is 26.1. The van der Waals surface area contributed by atoms with Gasteiger partial charge in [0.05, 0.1) is 23.2 Å². The predicted octanol–water partition coefficient (Wildman–Crippen LogP) is 5.58. The highest BCUT2D eigenvalue weighted by atomic mass is 35.5. The van der Waals surface area contributed by atoms with E-state index in [4.69, 9.17) is 16.3 Å². The number of imidazole rings is 1. The molecule has 1 fully saturated rings. The second-order valence-corrected chi connectivity index (χ2v) is 9.12. The van der Waals surface area contributed by atoms with Crippen molar-refractivity contribution in [1.29, 1.82) is 0 Å². The number of rotatable bonds is 6. The number of carboxylic acids is 1. The van der Waals surface area contributed by atoms with Crippen molar-refractivity contribution in [3.8, 4) is 17.1 Å². The summed E-state index contributed by atoms with van der Waals surface area (Å²) in [6.45, 7) is 4.31. The van der Waals surface area contributed by atoms with Gasteiger partial charge in [-0.25, -0.2) is 14.8 Å². The molecule has 0 aliphatic carbocycles. The molecule has 0 amide bonds. The lowest BCUT2D eigenvalue weighted by atomic mass is 9.97. The number of carboxylic acid groups (broad SMARTS) is 1. The number of fused-ring (bicyclic) bond motifs is 1. The van der Waals surface area contributed by atoms with Crippen molar-refractivity contribution in [1.82, 2.24) is 15.0 Å². The number of piperidine rings is 1. The maximum atomic E-state index is 11.2. The molecule has 0 unspecified atom stereocenters. The van der Waals surface area contributed by atoms with Crippen LogP contribution in [0, 0.1) is 12.8 Å². The monoisotopic (exact) mass is 476 g/mol. The van der Waals surface area contributed by atoms with Gasteiger partial charge in [-0.1, -0.05) is 17.7 Å². The van der Waals surface area contributed by atoms with E-state index < -0.39 is 5.97 Å². The first kappa shape index (κ1) is 22.2. The SMILES string of the molecule is Cc1ccc(C(=O)O)cc1OCC1CCN(c2ccc(-c3nc4cc(Cl)ccc4[nH]3)cn2)CC1. The Labute approximate surface area is 202 Å². The summed E-state index contributed by atoms with van der Waals surface area (Å²) in [5.74, 6) is 1.85. The zero-order chi connectivity index (χ0) is 23.7. The van der Waals surface area contributed by atoms with Crippen LogP contribution in [-0.4, -0.2) is 45.7 Å². The van der Waals surface area contributed by atoms with Gasteiger partial charge in [0.15, 0.2) is 0 Å². The Morgan fingerprint density at radius 2 is 2.00 bits per heavy atom. The van der Waals surface area contributed by atoms with Crippen molar-refractivity contribution in [2.75, 3.05) is 24.6 Å². The molecule has 174 valence electrons. The minimum Gasteiger partial charge on any atom is -0.493 e. The number of aromatic amines is 1. The minimum absolute atomic E-state index is 0.247. The smallest absolute Gasteiger partial charge is 0.335 e. The van der Waals surface area contributed by atoms with Crippen LogP contribution in [0.15, 0.2) is 54.7 Å². The zero-order valence-corrected chi connectivity index (χ0v) is 19.5. The lowest BCUT2D eigenvalue weighted by Crippen LogP contribution is -2.36. The van der Waals surface area contributed by atoms with Gasteiger partial charge in [-0.2, -0.15) is 0 Å². The lowest BCUT2D eigenvalue weighted by Gasteiger charge is -2.32. The van der Waals surface area contributed by atoms with Gasteiger partial charge in [0.2, 0.25) is 0 Å². The third-order valence-corrected chi connectivity index (χ3v) is 6.55. The van der Waals surface area contributed by atoms with E-state index >= 15 is 0 Å². The Hall–Kier alpha value is -3.58. The Bertz CT molecular complexity index is 1330. The number of pyridine rings is 1. The Balaban J connectivity index is 1.18. The van der Waals surface area contributed by atoms with Crippen molar-refractivity contribution in [2.24, 2.45) is 5.92 Å². The fourth-order valence-corrected chi connectivity index (χ4v) is 4.42. The topological polar surface area (TPSA) is 91.3 Å².